The molecule has 39 heavy (non-hydrogen) atoms. The zero-order valence-electron chi connectivity index (χ0n) is 22.3. The van der Waals surface area contributed by atoms with Gasteiger partial charge in [0.05, 0.1) is 18.1 Å². The van der Waals surface area contributed by atoms with Gasteiger partial charge in [-0.05, 0) is 81.3 Å². The number of likely N-dealkylation sites (tertiary alicyclic amines) is 2. The van der Waals surface area contributed by atoms with E-state index in [2.05, 4.69) is 4.98 Å². The first-order chi connectivity index (χ1) is 18.7. The molecule has 0 unspecified atom stereocenters. The van der Waals surface area contributed by atoms with Crippen molar-refractivity contribution in [3.8, 4) is 17.0 Å². The van der Waals surface area contributed by atoms with Crippen LogP contribution in [0, 0.1) is 11.3 Å². The standard InChI is InChI=1S/C30H38F3N3O3/c31-30(32,33)29(13-1-2-14-29)21-35-16-11-22(12-17-35)20-39-27-10-9-25(18-34-27)23-5-7-24(8-6-23)28(38)36-15-3-4-26(37)19-36/h5-10,18,22,26,37H,1-4,11-17,19-21H2/t26-/m1/s1. The molecule has 1 aromatic heterocycles. The number of aliphatic hydroxyl groups is 1. The summed E-state index contributed by atoms with van der Waals surface area (Å²) in [5.41, 5.74) is 0.932. The number of rotatable bonds is 7. The summed E-state index contributed by atoms with van der Waals surface area (Å²) in [7, 11) is 0. The molecule has 1 N–H and O–H groups in total. The SMILES string of the molecule is O=C(c1ccc(-c2ccc(OCC3CCN(CC4(C(F)(F)F)CCCC4)CC3)nc2)cc1)N1CCC[C@@H](O)C1. The molecule has 212 valence electrons. The molecule has 1 saturated carbocycles. The van der Waals surface area contributed by atoms with Crippen molar-refractivity contribution in [1.29, 1.82) is 0 Å². The van der Waals surface area contributed by atoms with Crippen molar-refractivity contribution in [2.75, 3.05) is 39.3 Å². The molecule has 1 aliphatic carbocycles. The van der Waals surface area contributed by atoms with Gasteiger partial charge in [-0.15, -0.1) is 0 Å². The molecular formula is C30H38F3N3O3. The Kier molecular flexibility index (Phi) is 8.47. The number of hydrogen-bond donors (Lipinski definition) is 1. The first-order valence-corrected chi connectivity index (χ1v) is 14.2. The first-order valence-electron chi connectivity index (χ1n) is 14.2. The molecule has 1 atom stereocenters. The van der Waals surface area contributed by atoms with E-state index in [0.717, 1.165) is 36.8 Å². The average Bonchev–Trinajstić information content (AvgIpc) is 3.43. The Morgan fingerprint density at radius 3 is 2.28 bits per heavy atom. The van der Waals surface area contributed by atoms with Crippen molar-refractivity contribution in [3.05, 3.63) is 48.2 Å². The van der Waals surface area contributed by atoms with Crippen molar-refractivity contribution in [1.82, 2.24) is 14.8 Å². The number of nitrogens with zero attached hydrogens (tertiary/aromatic N) is 3. The molecule has 0 radical (unpaired) electrons. The molecule has 1 aromatic carbocycles. The van der Waals surface area contributed by atoms with Gasteiger partial charge in [-0.3, -0.25) is 4.79 Å². The van der Waals surface area contributed by atoms with Gasteiger partial charge in [-0.2, -0.15) is 13.2 Å². The molecule has 3 heterocycles. The van der Waals surface area contributed by atoms with E-state index in [4.69, 9.17) is 4.74 Å². The molecule has 1 amide bonds. The van der Waals surface area contributed by atoms with E-state index in [1.54, 1.807) is 23.2 Å². The van der Waals surface area contributed by atoms with Crippen LogP contribution in [0.25, 0.3) is 11.1 Å². The molecule has 6 nitrogen and oxygen atoms in total. The summed E-state index contributed by atoms with van der Waals surface area (Å²) in [6, 6.07) is 11.2. The summed E-state index contributed by atoms with van der Waals surface area (Å²) < 4.78 is 47.2. The smallest absolute Gasteiger partial charge is 0.395 e. The Labute approximate surface area is 228 Å². The molecule has 2 aliphatic heterocycles. The molecule has 2 saturated heterocycles. The topological polar surface area (TPSA) is 65.9 Å². The summed E-state index contributed by atoms with van der Waals surface area (Å²) >= 11 is 0. The van der Waals surface area contributed by atoms with Gasteiger partial charge in [0.25, 0.3) is 5.91 Å². The Morgan fingerprint density at radius 2 is 1.67 bits per heavy atom. The van der Waals surface area contributed by atoms with E-state index in [0.29, 0.717) is 63.0 Å². The van der Waals surface area contributed by atoms with Crippen LogP contribution in [0.3, 0.4) is 0 Å². The predicted octanol–water partition coefficient (Wildman–Crippen LogP) is 5.56. The maximum absolute atomic E-state index is 13.7. The number of β-amino-alcohol motifs (C(OH)–C–C–N with tert-alkyl or cyclic N) is 1. The highest BCUT2D eigenvalue weighted by Gasteiger charge is 2.56. The minimum absolute atomic E-state index is 0.0635. The molecule has 0 bridgehead atoms. The molecule has 2 aromatic rings. The Hall–Kier alpha value is -2.65. The fourth-order valence-corrected chi connectivity index (χ4v) is 6.29. The lowest BCUT2D eigenvalue weighted by atomic mass is 9.83. The van der Waals surface area contributed by atoms with E-state index in [1.807, 2.05) is 29.2 Å². The van der Waals surface area contributed by atoms with Gasteiger partial charge in [-0.1, -0.05) is 25.0 Å². The Bertz CT molecular complexity index is 1090. The summed E-state index contributed by atoms with van der Waals surface area (Å²) in [6.45, 7) is 3.03. The quantitative estimate of drug-likeness (QED) is 0.494. The number of carbonyl (C=O) groups is 1. The average molecular weight is 546 g/mol. The highest BCUT2D eigenvalue weighted by Crippen LogP contribution is 2.51. The number of aliphatic hydroxyl groups excluding tert-OH is 1. The van der Waals surface area contributed by atoms with E-state index in [1.165, 1.54) is 0 Å². The molecule has 3 fully saturated rings. The van der Waals surface area contributed by atoms with Gasteiger partial charge in [0.2, 0.25) is 5.88 Å². The van der Waals surface area contributed by atoms with E-state index in [9.17, 15) is 23.1 Å². The number of carbonyl (C=O) groups excluding carboxylic acids is 1. The first kappa shape index (κ1) is 27.9. The number of aromatic nitrogens is 1. The number of ether oxygens (including phenoxy) is 1. The van der Waals surface area contributed by atoms with E-state index < -0.39 is 17.7 Å². The van der Waals surface area contributed by atoms with Gasteiger partial charge in [0.1, 0.15) is 0 Å². The summed E-state index contributed by atoms with van der Waals surface area (Å²) in [5, 5.41) is 9.85. The lowest BCUT2D eigenvalue weighted by molar-refractivity contribution is -0.228. The van der Waals surface area contributed by atoms with Crippen LogP contribution in [0.4, 0.5) is 13.2 Å². The van der Waals surface area contributed by atoms with Gasteiger partial charge in [0.15, 0.2) is 0 Å². The van der Waals surface area contributed by atoms with Crippen LogP contribution in [0.1, 0.15) is 61.7 Å². The van der Waals surface area contributed by atoms with Crippen molar-refractivity contribution < 1.29 is 27.8 Å². The zero-order chi connectivity index (χ0) is 27.5. The second-order valence-corrected chi connectivity index (χ2v) is 11.5. The van der Waals surface area contributed by atoms with Crippen LogP contribution < -0.4 is 4.74 Å². The van der Waals surface area contributed by atoms with Gasteiger partial charge < -0.3 is 19.6 Å². The lowest BCUT2D eigenvalue weighted by Crippen LogP contribution is -2.48. The number of benzene rings is 1. The van der Waals surface area contributed by atoms with Crippen molar-refractivity contribution >= 4 is 5.91 Å². The molecular weight excluding hydrogens is 507 g/mol. The number of piperidine rings is 2. The zero-order valence-corrected chi connectivity index (χ0v) is 22.3. The van der Waals surface area contributed by atoms with Gasteiger partial charge in [0, 0.05) is 43.0 Å². The fraction of sp³-hybridized carbons (Fsp3) is 0.600. The summed E-state index contributed by atoms with van der Waals surface area (Å²) in [5.74, 6) is 0.768. The van der Waals surface area contributed by atoms with E-state index >= 15 is 0 Å². The molecule has 0 spiro atoms. The van der Waals surface area contributed by atoms with Crippen molar-refractivity contribution in [3.63, 3.8) is 0 Å². The lowest BCUT2D eigenvalue weighted by Gasteiger charge is -2.40. The summed E-state index contributed by atoms with van der Waals surface area (Å²) in [6.07, 6.45) is 2.23. The predicted molar refractivity (Wildman–Crippen MR) is 142 cm³/mol. The van der Waals surface area contributed by atoms with Gasteiger partial charge in [-0.25, -0.2) is 4.98 Å². The number of alkyl halides is 3. The second kappa shape index (κ2) is 11.8. The third-order valence-electron chi connectivity index (χ3n) is 8.75. The molecule has 5 rings (SSSR count). The van der Waals surface area contributed by atoms with Crippen molar-refractivity contribution in [2.24, 2.45) is 11.3 Å². The van der Waals surface area contributed by atoms with Crippen LogP contribution in [0.15, 0.2) is 42.6 Å². The third-order valence-corrected chi connectivity index (χ3v) is 8.75. The second-order valence-electron chi connectivity index (χ2n) is 11.5. The Morgan fingerprint density at radius 1 is 0.974 bits per heavy atom. The monoisotopic (exact) mass is 545 g/mol. The van der Waals surface area contributed by atoms with Gasteiger partial charge >= 0.3 is 6.18 Å². The highest BCUT2D eigenvalue weighted by atomic mass is 19.4. The maximum Gasteiger partial charge on any atom is 0.395 e. The summed E-state index contributed by atoms with van der Waals surface area (Å²) in [4.78, 5) is 20.9. The van der Waals surface area contributed by atoms with Crippen molar-refractivity contribution in [2.45, 2.75) is 63.6 Å². The van der Waals surface area contributed by atoms with Crippen LogP contribution >= 0.6 is 0 Å². The largest absolute Gasteiger partial charge is 0.477 e. The van der Waals surface area contributed by atoms with E-state index in [-0.39, 0.29) is 25.3 Å². The molecule has 3 aliphatic rings. The number of hydrogen-bond acceptors (Lipinski definition) is 5. The van der Waals surface area contributed by atoms with Crippen LogP contribution in [-0.4, -0.2) is 77.4 Å². The van der Waals surface area contributed by atoms with Crippen LogP contribution in [-0.2, 0) is 0 Å². The number of pyridine rings is 1. The number of amides is 1. The third kappa shape index (κ3) is 6.57. The van der Waals surface area contributed by atoms with Crippen LogP contribution in [0.5, 0.6) is 5.88 Å². The highest BCUT2D eigenvalue weighted by molar-refractivity contribution is 5.94. The Balaban J connectivity index is 1.08. The van der Waals surface area contributed by atoms with Crippen LogP contribution in [0.2, 0.25) is 0 Å². The maximum atomic E-state index is 13.7. The molecule has 9 heteroatoms. The number of halogens is 3. The normalized spacial score (nSPS) is 22.7. The minimum atomic E-state index is -4.13. The fourth-order valence-electron chi connectivity index (χ4n) is 6.29. The minimum Gasteiger partial charge on any atom is -0.477 e.